The van der Waals surface area contributed by atoms with E-state index >= 15 is 0 Å². The maximum Gasteiger partial charge on any atom is 0.303 e. The molecule has 1 aliphatic rings. The molecule has 0 radical (unpaired) electrons. The topological polar surface area (TPSA) is 132 Å². The Labute approximate surface area is 183 Å². The van der Waals surface area contributed by atoms with Gasteiger partial charge in [-0.2, -0.15) is 5.10 Å². The van der Waals surface area contributed by atoms with Gasteiger partial charge in [-0.05, 0) is 6.07 Å². The van der Waals surface area contributed by atoms with Gasteiger partial charge in [-0.1, -0.05) is 18.2 Å². The molecule has 172 valence electrons. The fourth-order valence-corrected chi connectivity index (χ4v) is 3.53. The van der Waals surface area contributed by atoms with E-state index in [9.17, 15) is 19.2 Å². The summed E-state index contributed by atoms with van der Waals surface area (Å²) in [7, 11) is 0. The van der Waals surface area contributed by atoms with E-state index in [0.717, 1.165) is 5.39 Å². The van der Waals surface area contributed by atoms with E-state index in [1.165, 1.54) is 32.4 Å². The molecule has 11 heteroatoms. The molecule has 1 aromatic carbocycles. The molecule has 1 saturated heterocycles. The predicted octanol–water partition coefficient (Wildman–Crippen LogP) is 1.29. The number of carbonyl (C=O) groups excluding carboxylic acids is 4. The lowest BCUT2D eigenvalue weighted by Crippen LogP contribution is -2.60. The third kappa shape index (κ3) is 5.41. The molecule has 0 amide bonds. The van der Waals surface area contributed by atoms with Crippen molar-refractivity contribution in [1.29, 1.82) is 0 Å². The highest BCUT2D eigenvalue weighted by Gasteiger charge is 2.53. The Morgan fingerprint density at radius 2 is 1.47 bits per heavy atom. The number of hydrogen-bond acceptors (Lipinski definition) is 10. The lowest BCUT2D eigenvalue weighted by molar-refractivity contribution is -0.270. The van der Waals surface area contributed by atoms with Gasteiger partial charge in [0, 0.05) is 39.3 Å². The molecule has 0 unspecified atom stereocenters. The molecule has 0 N–H and O–H groups in total. The van der Waals surface area contributed by atoms with E-state index in [2.05, 4.69) is 5.10 Å². The maximum atomic E-state index is 11.9. The molecule has 2 heterocycles. The van der Waals surface area contributed by atoms with Crippen molar-refractivity contribution in [2.45, 2.75) is 58.3 Å². The first-order valence-corrected chi connectivity index (χ1v) is 9.90. The van der Waals surface area contributed by atoms with Crippen LogP contribution >= 0.6 is 0 Å². The molecule has 11 nitrogen and oxygen atoms in total. The molecule has 0 aliphatic carbocycles. The summed E-state index contributed by atoms with van der Waals surface area (Å²) in [5.74, 6) is -2.63. The Balaban J connectivity index is 2.07. The van der Waals surface area contributed by atoms with Crippen molar-refractivity contribution in [3.63, 3.8) is 0 Å². The van der Waals surface area contributed by atoms with Gasteiger partial charge < -0.3 is 23.7 Å². The molecule has 32 heavy (non-hydrogen) atoms. The second kappa shape index (κ2) is 9.77. The van der Waals surface area contributed by atoms with Crippen LogP contribution in [-0.2, 0) is 42.9 Å². The zero-order valence-electron chi connectivity index (χ0n) is 18.0. The number of nitrogens with zero attached hydrogens (tertiary/aromatic N) is 2. The predicted molar refractivity (Wildman–Crippen MR) is 107 cm³/mol. The van der Waals surface area contributed by atoms with Gasteiger partial charge >= 0.3 is 23.9 Å². The minimum atomic E-state index is -1.24. The van der Waals surface area contributed by atoms with Crippen molar-refractivity contribution >= 4 is 34.8 Å². The number of carbonyl (C=O) groups is 4. The summed E-state index contributed by atoms with van der Waals surface area (Å²) in [4.78, 5) is 46.9. The number of esters is 4. The Kier molecular flexibility index (Phi) is 7.08. The SMILES string of the molecule is CC(=O)OC[C@H]1O[C@H](n2cc3ccccc3n2)[C@H](OC(C)=O)[C@@H](OC(C)=O)[C@H]1OC(C)=O. The summed E-state index contributed by atoms with van der Waals surface area (Å²) in [5, 5.41) is 5.26. The van der Waals surface area contributed by atoms with Gasteiger partial charge in [-0.15, -0.1) is 0 Å². The molecule has 2 aromatic rings. The molecule has 0 saturated carbocycles. The number of benzene rings is 1. The zero-order chi connectivity index (χ0) is 23.4. The smallest absolute Gasteiger partial charge is 0.303 e. The van der Waals surface area contributed by atoms with E-state index in [4.69, 9.17) is 23.7 Å². The maximum absolute atomic E-state index is 11.9. The average molecular weight is 448 g/mol. The molecular formula is C21H24N2O9. The third-order valence-corrected chi connectivity index (χ3v) is 4.66. The molecule has 1 aromatic heterocycles. The highest BCUT2D eigenvalue weighted by Crippen LogP contribution is 2.35. The monoisotopic (exact) mass is 448 g/mol. The molecular weight excluding hydrogens is 424 g/mol. The summed E-state index contributed by atoms with van der Waals surface area (Å²) in [6.07, 6.45) is -4.08. The first-order valence-electron chi connectivity index (χ1n) is 9.90. The highest BCUT2D eigenvalue weighted by molar-refractivity contribution is 5.77. The second-order valence-electron chi connectivity index (χ2n) is 7.26. The summed E-state index contributed by atoms with van der Waals surface area (Å²) < 4.78 is 28.8. The van der Waals surface area contributed by atoms with Gasteiger partial charge in [0.2, 0.25) is 0 Å². The van der Waals surface area contributed by atoms with E-state index in [1.807, 2.05) is 18.2 Å². The van der Waals surface area contributed by atoms with Crippen molar-refractivity contribution in [1.82, 2.24) is 9.78 Å². The van der Waals surface area contributed by atoms with Crippen LogP contribution in [0.25, 0.3) is 10.9 Å². The Hall–Kier alpha value is -3.47. The first kappa shape index (κ1) is 23.2. The zero-order valence-corrected chi connectivity index (χ0v) is 18.0. The van der Waals surface area contributed by atoms with Crippen LogP contribution < -0.4 is 0 Å². The van der Waals surface area contributed by atoms with Crippen molar-refractivity contribution in [2.75, 3.05) is 6.61 Å². The standard InChI is InChI=1S/C21H24N2O9/c1-11(24)28-10-17-18(29-12(2)25)19(30-13(3)26)20(31-14(4)27)21(32-17)23-9-15-7-5-6-8-16(15)22-23/h5-9,17-21H,10H2,1-4H3/t17-,18+,19+,20-,21+/m1/s1. The lowest BCUT2D eigenvalue weighted by atomic mass is 9.97. The summed E-state index contributed by atoms with van der Waals surface area (Å²) in [6.45, 7) is 4.44. The number of ether oxygens (including phenoxy) is 5. The molecule has 1 aliphatic heterocycles. The molecule has 5 atom stereocenters. The van der Waals surface area contributed by atoms with Gasteiger partial charge in [0.15, 0.2) is 24.5 Å². The van der Waals surface area contributed by atoms with Gasteiger partial charge in [0.1, 0.15) is 12.7 Å². The van der Waals surface area contributed by atoms with Crippen LogP contribution in [0.2, 0.25) is 0 Å². The molecule has 3 rings (SSSR count). The minimum absolute atomic E-state index is 0.297. The van der Waals surface area contributed by atoms with E-state index in [-0.39, 0.29) is 6.61 Å². The Morgan fingerprint density at radius 1 is 0.875 bits per heavy atom. The van der Waals surface area contributed by atoms with Crippen molar-refractivity contribution in [2.24, 2.45) is 0 Å². The van der Waals surface area contributed by atoms with E-state index in [0.29, 0.717) is 5.52 Å². The third-order valence-electron chi connectivity index (χ3n) is 4.66. The number of hydrogen-bond donors (Lipinski definition) is 0. The minimum Gasteiger partial charge on any atom is -0.463 e. The summed E-state index contributed by atoms with van der Waals surface area (Å²) in [6, 6.07) is 7.27. The lowest BCUT2D eigenvalue weighted by Gasteiger charge is -2.44. The van der Waals surface area contributed by atoms with Gasteiger partial charge in [0.05, 0.1) is 5.52 Å². The fourth-order valence-electron chi connectivity index (χ4n) is 3.53. The Morgan fingerprint density at radius 3 is 2.06 bits per heavy atom. The van der Waals surface area contributed by atoms with Crippen LogP contribution in [0.4, 0.5) is 0 Å². The van der Waals surface area contributed by atoms with Gasteiger partial charge in [0.25, 0.3) is 0 Å². The van der Waals surface area contributed by atoms with Crippen LogP contribution in [-0.4, -0.2) is 64.7 Å². The average Bonchev–Trinajstić information content (AvgIpc) is 3.12. The number of fused-ring (bicyclic) bond motifs is 1. The van der Waals surface area contributed by atoms with E-state index in [1.54, 1.807) is 12.3 Å². The normalized spacial score (nSPS) is 25.1. The highest BCUT2D eigenvalue weighted by atomic mass is 16.7. The van der Waals surface area contributed by atoms with Gasteiger partial charge in [-0.3, -0.25) is 19.2 Å². The Bertz CT molecular complexity index is 985. The molecule has 0 spiro atoms. The van der Waals surface area contributed by atoms with Crippen molar-refractivity contribution in [3.8, 4) is 0 Å². The molecule has 0 bridgehead atoms. The molecule has 1 fully saturated rings. The van der Waals surface area contributed by atoms with E-state index < -0.39 is 54.5 Å². The van der Waals surface area contributed by atoms with Crippen LogP contribution in [0.5, 0.6) is 0 Å². The number of rotatable bonds is 6. The van der Waals surface area contributed by atoms with Gasteiger partial charge in [-0.25, -0.2) is 4.68 Å². The quantitative estimate of drug-likeness (QED) is 0.470. The second-order valence-corrected chi connectivity index (χ2v) is 7.26. The van der Waals surface area contributed by atoms with Crippen LogP contribution in [0, 0.1) is 0 Å². The largest absolute Gasteiger partial charge is 0.463 e. The van der Waals surface area contributed by atoms with Crippen LogP contribution in [0.15, 0.2) is 30.5 Å². The van der Waals surface area contributed by atoms with Crippen molar-refractivity contribution in [3.05, 3.63) is 30.5 Å². The summed E-state index contributed by atoms with van der Waals surface area (Å²) in [5.41, 5.74) is 0.653. The van der Waals surface area contributed by atoms with Crippen LogP contribution in [0.3, 0.4) is 0 Å². The van der Waals surface area contributed by atoms with Crippen molar-refractivity contribution < 1.29 is 42.9 Å². The fraction of sp³-hybridized carbons (Fsp3) is 0.476. The first-order chi connectivity index (χ1) is 15.2. The van der Waals surface area contributed by atoms with Crippen LogP contribution in [0.1, 0.15) is 33.9 Å². The number of aromatic nitrogens is 2. The summed E-state index contributed by atoms with van der Waals surface area (Å²) >= 11 is 0.